The largest absolute Gasteiger partial charge is 0.490 e. The number of methoxy groups -OCH3 is 1. The molecule has 0 radical (unpaired) electrons. The summed E-state index contributed by atoms with van der Waals surface area (Å²) in [5.41, 5.74) is 0.970. The van der Waals surface area contributed by atoms with Gasteiger partial charge in [-0.1, -0.05) is 12.1 Å². The highest BCUT2D eigenvalue weighted by Crippen LogP contribution is 2.29. The quantitative estimate of drug-likeness (QED) is 0.543. The maximum absolute atomic E-state index is 5.84. The average Bonchev–Trinajstić information content (AvgIpc) is 2.35. The van der Waals surface area contributed by atoms with E-state index in [0.29, 0.717) is 32.3 Å². The van der Waals surface area contributed by atoms with Crippen molar-refractivity contribution in [1.82, 2.24) is 0 Å². The van der Waals surface area contributed by atoms with Crippen LogP contribution in [0.2, 0.25) is 0 Å². The third-order valence-electron chi connectivity index (χ3n) is 2.10. The van der Waals surface area contributed by atoms with Crippen molar-refractivity contribution < 1.29 is 14.2 Å². The second-order valence-electron chi connectivity index (χ2n) is 3.32. The second kappa shape index (κ2) is 8.75. The van der Waals surface area contributed by atoms with Gasteiger partial charge in [0.15, 0.2) is 0 Å². The zero-order valence-electron chi connectivity index (χ0n) is 9.75. The van der Waals surface area contributed by atoms with Gasteiger partial charge in [-0.15, -0.1) is 11.6 Å². The lowest BCUT2D eigenvalue weighted by Crippen LogP contribution is -2.10. The van der Waals surface area contributed by atoms with Crippen molar-refractivity contribution in [1.29, 1.82) is 0 Å². The first-order valence-corrected chi connectivity index (χ1v) is 6.65. The molecule has 0 spiro atoms. The van der Waals surface area contributed by atoms with Crippen molar-refractivity contribution in [2.75, 3.05) is 33.5 Å². The molecule has 0 N–H and O–H groups in total. The van der Waals surface area contributed by atoms with E-state index in [0.717, 1.165) is 15.8 Å². The molecule has 1 aromatic rings. The Balaban J connectivity index is 2.35. The van der Waals surface area contributed by atoms with Crippen LogP contribution in [0.5, 0.6) is 5.75 Å². The molecular weight excluding hydrogens is 307 g/mol. The fourth-order valence-corrected chi connectivity index (χ4v) is 2.00. The maximum Gasteiger partial charge on any atom is 0.137 e. The summed E-state index contributed by atoms with van der Waals surface area (Å²) in [6.45, 7) is 2.21. The van der Waals surface area contributed by atoms with Crippen molar-refractivity contribution in [3.63, 3.8) is 0 Å². The van der Waals surface area contributed by atoms with Gasteiger partial charge in [0, 0.05) is 12.7 Å². The predicted octanol–water partition coefficient (Wildman–Crippen LogP) is 3.23. The molecule has 0 atom stereocenters. The Labute approximate surface area is 115 Å². The summed E-state index contributed by atoms with van der Waals surface area (Å²) in [5.74, 6) is 1.22. The Morgan fingerprint density at radius 1 is 1.18 bits per heavy atom. The Hall–Kier alpha value is -0.290. The summed E-state index contributed by atoms with van der Waals surface area (Å²) >= 11 is 9.27. The molecule has 0 unspecified atom stereocenters. The molecule has 0 fully saturated rings. The minimum Gasteiger partial charge on any atom is -0.490 e. The number of alkyl halides is 1. The molecule has 5 heteroatoms. The number of hydrogen-bond acceptors (Lipinski definition) is 3. The second-order valence-corrected chi connectivity index (χ2v) is 4.44. The van der Waals surface area contributed by atoms with E-state index in [2.05, 4.69) is 15.9 Å². The standard InChI is InChI=1S/C12H16BrClO3/c1-15-5-6-16-7-8-17-12-10(9-14)3-2-4-11(12)13/h2-4H,5-9H2,1H3. The van der Waals surface area contributed by atoms with Crippen LogP contribution in [-0.4, -0.2) is 33.5 Å². The molecule has 0 saturated heterocycles. The van der Waals surface area contributed by atoms with E-state index >= 15 is 0 Å². The molecular formula is C12H16BrClO3. The van der Waals surface area contributed by atoms with Crippen molar-refractivity contribution in [2.45, 2.75) is 5.88 Å². The number of rotatable bonds is 8. The minimum absolute atomic E-state index is 0.430. The molecule has 1 aromatic carbocycles. The van der Waals surface area contributed by atoms with E-state index in [4.69, 9.17) is 25.8 Å². The van der Waals surface area contributed by atoms with Crippen LogP contribution in [-0.2, 0) is 15.4 Å². The van der Waals surface area contributed by atoms with Gasteiger partial charge in [-0.05, 0) is 22.0 Å². The van der Waals surface area contributed by atoms with Gasteiger partial charge in [-0.25, -0.2) is 0 Å². The summed E-state index contributed by atoms with van der Waals surface area (Å²) in [7, 11) is 1.65. The number of halogens is 2. The number of para-hydroxylation sites is 1. The van der Waals surface area contributed by atoms with Crippen LogP contribution in [0.25, 0.3) is 0 Å². The third kappa shape index (κ3) is 5.25. The van der Waals surface area contributed by atoms with Crippen LogP contribution < -0.4 is 4.74 Å². The Morgan fingerprint density at radius 3 is 2.65 bits per heavy atom. The van der Waals surface area contributed by atoms with Crippen LogP contribution in [0.3, 0.4) is 0 Å². The average molecular weight is 324 g/mol. The Morgan fingerprint density at radius 2 is 1.94 bits per heavy atom. The van der Waals surface area contributed by atoms with Gasteiger partial charge in [0.05, 0.1) is 30.2 Å². The number of hydrogen-bond donors (Lipinski definition) is 0. The molecule has 3 nitrogen and oxygen atoms in total. The Bertz CT molecular complexity index is 334. The summed E-state index contributed by atoms with van der Waals surface area (Å²) in [6.07, 6.45) is 0. The first-order chi connectivity index (χ1) is 8.29. The lowest BCUT2D eigenvalue weighted by atomic mass is 10.2. The van der Waals surface area contributed by atoms with E-state index in [9.17, 15) is 0 Å². The van der Waals surface area contributed by atoms with E-state index in [1.165, 1.54) is 0 Å². The monoisotopic (exact) mass is 322 g/mol. The molecule has 0 aliphatic carbocycles. The molecule has 0 saturated carbocycles. The highest BCUT2D eigenvalue weighted by molar-refractivity contribution is 9.10. The molecule has 1 rings (SSSR count). The maximum atomic E-state index is 5.84. The number of benzene rings is 1. The van der Waals surface area contributed by atoms with E-state index < -0.39 is 0 Å². The Kier molecular flexibility index (Phi) is 7.60. The molecule has 0 heterocycles. The zero-order valence-corrected chi connectivity index (χ0v) is 12.1. The highest BCUT2D eigenvalue weighted by Gasteiger charge is 2.06. The topological polar surface area (TPSA) is 27.7 Å². The molecule has 0 amide bonds. The normalized spacial score (nSPS) is 10.5. The predicted molar refractivity (Wildman–Crippen MR) is 71.9 cm³/mol. The zero-order chi connectivity index (χ0) is 12.5. The van der Waals surface area contributed by atoms with Gasteiger partial charge in [-0.3, -0.25) is 0 Å². The van der Waals surface area contributed by atoms with Crippen LogP contribution in [0.4, 0.5) is 0 Å². The van der Waals surface area contributed by atoms with Gasteiger partial charge >= 0.3 is 0 Å². The van der Waals surface area contributed by atoms with Crippen LogP contribution in [0.15, 0.2) is 22.7 Å². The summed E-state index contributed by atoms with van der Waals surface area (Å²) in [6, 6.07) is 5.81. The van der Waals surface area contributed by atoms with E-state index in [1.54, 1.807) is 7.11 Å². The van der Waals surface area contributed by atoms with Gasteiger partial charge in [-0.2, -0.15) is 0 Å². The molecule has 0 bridgehead atoms. The van der Waals surface area contributed by atoms with Crippen LogP contribution in [0.1, 0.15) is 5.56 Å². The SMILES string of the molecule is COCCOCCOc1c(Br)cccc1CCl. The van der Waals surface area contributed by atoms with Crippen LogP contribution >= 0.6 is 27.5 Å². The fraction of sp³-hybridized carbons (Fsp3) is 0.500. The molecule has 0 aromatic heterocycles. The lowest BCUT2D eigenvalue weighted by molar-refractivity contribution is 0.0542. The van der Waals surface area contributed by atoms with Gasteiger partial charge < -0.3 is 14.2 Å². The summed E-state index contributed by atoms with van der Waals surface area (Å²) < 4.78 is 16.7. The fourth-order valence-electron chi connectivity index (χ4n) is 1.27. The molecule has 0 aliphatic heterocycles. The smallest absolute Gasteiger partial charge is 0.137 e. The lowest BCUT2D eigenvalue weighted by Gasteiger charge is -2.12. The summed E-state index contributed by atoms with van der Waals surface area (Å²) in [5, 5.41) is 0. The first-order valence-electron chi connectivity index (χ1n) is 5.32. The van der Waals surface area contributed by atoms with Crippen molar-refractivity contribution in [3.8, 4) is 5.75 Å². The van der Waals surface area contributed by atoms with Crippen LogP contribution in [0, 0.1) is 0 Å². The van der Waals surface area contributed by atoms with E-state index in [-0.39, 0.29) is 0 Å². The van der Waals surface area contributed by atoms with Gasteiger partial charge in [0.25, 0.3) is 0 Å². The van der Waals surface area contributed by atoms with Crippen molar-refractivity contribution in [2.24, 2.45) is 0 Å². The third-order valence-corrected chi connectivity index (χ3v) is 3.01. The van der Waals surface area contributed by atoms with Gasteiger partial charge in [0.1, 0.15) is 12.4 Å². The molecule has 0 aliphatic rings. The summed E-state index contributed by atoms with van der Waals surface area (Å²) in [4.78, 5) is 0. The highest BCUT2D eigenvalue weighted by atomic mass is 79.9. The first kappa shape index (κ1) is 14.8. The van der Waals surface area contributed by atoms with Crippen molar-refractivity contribution in [3.05, 3.63) is 28.2 Å². The van der Waals surface area contributed by atoms with E-state index in [1.807, 2.05) is 18.2 Å². The van der Waals surface area contributed by atoms with Crippen molar-refractivity contribution >= 4 is 27.5 Å². The molecule has 17 heavy (non-hydrogen) atoms. The molecule has 96 valence electrons. The van der Waals surface area contributed by atoms with Gasteiger partial charge in [0.2, 0.25) is 0 Å². The minimum atomic E-state index is 0.430. The number of ether oxygens (including phenoxy) is 3.